The lowest BCUT2D eigenvalue weighted by Gasteiger charge is -2.21. The minimum atomic E-state index is -0.0990. The highest BCUT2D eigenvalue weighted by Crippen LogP contribution is 2.26. The minimum Gasteiger partial charge on any atom is -0.399 e. The van der Waals surface area contributed by atoms with E-state index in [0.717, 1.165) is 24.3 Å². The van der Waals surface area contributed by atoms with Crippen LogP contribution in [-0.4, -0.2) is 24.0 Å². The van der Waals surface area contributed by atoms with Crippen LogP contribution in [0.15, 0.2) is 42.7 Å². The Hall–Kier alpha value is -2.56. The minimum absolute atomic E-state index is 0.0990. The van der Waals surface area contributed by atoms with Gasteiger partial charge in [0.15, 0.2) is 0 Å². The first-order valence-corrected chi connectivity index (χ1v) is 7.55. The quantitative estimate of drug-likeness (QED) is 0.848. The molecule has 0 unspecified atom stereocenters. The molecule has 114 valence electrons. The predicted molar refractivity (Wildman–Crippen MR) is 87.7 cm³/mol. The SMILES string of the molecule is Nc1ccc(N2CCCC2)c(C(=O)NCc2cccnc2)c1. The van der Waals surface area contributed by atoms with Gasteiger partial charge in [0, 0.05) is 43.4 Å². The van der Waals surface area contributed by atoms with Crippen molar-refractivity contribution in [3.05, 3.63) is 53.9 Å². The molecule has 1 aromatic heterocycles. The predicted octanol–water partition coefficient (Wildman–Crippen LogP) is 2.19. The van der Waals surface area contributed by atoms with E-state index in [4.69, 9.17) is 5.73 Å². The highest BCUT2D eigenvalue weighted by Gasteiger charge is 2.19. The van der Waals surface area contributed by atoms with Crippen molar-refractivity contribution in [2.24, 2.45) is 0 Å². The first kappa shape index (κ1) is 14.4. The zero-order valence-electron chi connectivity index (χ0n) is 12.5. The number of nitrogen functional groups attached to an aromatic ring is 1. The van der Waals surface area contributed by atoms with Gasteiger partial charge in [-0.1, -0.05) is 6.07 Å². The number of hydrogen-bond acceptors (Lipinski definition) is 4. The number of rotatable bonds is 4. The lowest BCUT2D eigenvalue weighted by atomic mass is 10.1. The number of pyridine rings is 1. The fourth-order valence-electron chi connectivity index (χ4n) is 2.75. The van der Waals surface area contributed by atoms with Gasteiger partial charge >= 0.3 is 0 Å². The van der Waals surface area contributed by atoms with Gasteiger partial charge < -0.3 is 16.0 Å². The number of aromatic nitrogens is 1. The van der Waals surface area contributed by atoms with Crippen molar-refractivity contribution >= 4 is 17.3 Å². The van der Waals surface area contributed by atoms with Crippen LogP contribution in [0.4, 0.5) is 11.4 Å². The number of benzene rings is 1. The molecule has 3 N–H and O–H groups in total. The van der Waals surface area contributed by atoms with Crippen molar-refractivity contribution in [2.75, 3.05) is 23.7 Å². The number of carbonyl (C=O) groups is 1. The summed E-state index contributed by atoms with van der Waals surface area (Å²) in [6.07, 6.45) is 5.80. The van der Waals surface area contributed by atoms with E-state index in [1.165, 1.54) is 12.8 Å². The molecule has 0 atom stereocenters. The van der Waals surface area contributed by atoms with Crippen molar-refractivity contribution in [1.29, 1.82) is 0 Å². The van der Waals surface area contributed by atoms with Crippen LogP contribution in [0.2, 0.25) is 0 Å². The van der Waals surface area contributed by atoms with E-state index in [9.17, 15) is 4.79 Å². The van der Waals surface area contributed by atoms with Gasteiger partial charge in [-0.25, -0.2) is 0 Å². The second-order valence-electron chi connectivity index (χ2n) is 5.51. The molecule has 0 bridgehead atoms. The second kappa shape index (κ2) is 6.47. The summed E-state index contributed by atoms with van der Waals surface area (Å²) in [6.45, 7) is 2.44. The maximum atomic E-state index is 12.5. The lowest BCUT2D eigenvalue weighted by molar-refractivity contribution is 0.0951. The summed E-state index contributed by atoms with van der Waals surface area (Å²) in [4.78, 5) is 18.8. The molecule has 0 saturated carbocycles. The molecule has 0 aliphatic carbocycles. The van der Waals surface area contributed by atoms with Crippen LogP contribution in [0.3, 0.4) is 0 Å². The number of carbonyl (C=O) groups excluding carboxylic acids is 1. The summed E-state index contributed by atoms with van der Waals surface area (Å²) in [6, 6.07) is 9.35. The van der Waals surface area contributed by atoms with Gasteiger partial charge in [-0.15, -0.1) is 0 Å². The van der Waals surface area contributed by atoms with Crippen LogP contribution in [0.1, 0.15) is 28.8 Å². The zero-order valence-corrected chi connectivity index (χ0v) is 12.5. The molecular formula is C17H20N4O. The van der Waals surface area contributed by atoms with Gasteiger partial charge in [0.25, 0.3) is 5.91 Å². The smallest absolute Gasteiger partial charge is 0.253 e. The van der Waals surface area contributed by atoms with E-state index < -0.39 is 0 Å². The molecule has 1 aliphatic rings. The number of nitrogens with zero attached hydrogens (tertiary/aromatic N) is 2. The molecule has 1 aliphatic heterocycles. The Labute approximate surface area is 130 Å². The fourth-order valence-corrected chi connectivity index (χ4v) is 2.75. The van der Waals surface area contributed by atoms with E-state index in [-0.39, 0.29) is 5.91 Å². The molecule has 2 heterocycles. The van der Waals surface area contributed by atoms with Gasteiger partial charge in [0.1, 0.15) is 0 Å². The van der Waals surface area contributed by atoms with Crippen LogP contribution >= 0.6 is 0 Å². The monoisotopic (exact) mass is 296 g/mol. The Morgan fingerprint density at radius 1 is 1.27 bits per heavy atom. The highest BCUT2D eigenvalue weighted by atomic mass is 16.1. The molecule has 1 amide bonds. The number of amides is 1. The normalized spacial score (nSPS) is 14.1. The Bertz CT molecular complexity index is 651. The topological polar surface area (TPSA) is 71.2 Å². The first-order chi connectivity index (χ1) is 10.7. The summed E-state index contributed by atoms with van der Waals surface area (Å²) in [5, 5.41) is 2.95. The van der Waals surface area contributed by atoms with E-state index in [1.807, 2.05) is 24.3 Å². The average molecular weight is 296 g/mol. The molecule has 5 nitrogen and oxygen atoms in total. The maximum Gasteiger partial charge on any atom is 0.253 e. The number of anilines is 2. The third-order valence-corrected chi connectivity index (χ3v) is 3.89. The van der Waals surface area contributed by atoms with Gasteiger partial charge in [-0.2, -0.15) is 0 Å². The summed E-state index contributed by atoms with van der Waals surface area (Å²) < 4.78 is 0. The molecule has 1 aromatic carbocycles. The third-order valence-electron chi connectivity index (χ3n) is 3.89. The van der Waals surface area contributed by atoms with Crippen molar-refractivity contribution < 1.29 is 4.79 Å². The van der Waals surface area contributed by atoms with Crippen LogP contribution in [0.5, 0.6) is 0 Å². The molecule has 0 spiro atoms. The summed E-state index contributed by atoms with van der Waals surface area (Å²) in [5.74, 6) is -0.0990. The summed E-state index contributed by atoms with van der Waals surface area (Å²) >= 11 is 0. The van der Waals surface area contributed by atoms with E-state index in [1.54, 1.807) is 18.5 Å². The second-order valence-corrected chi connectivity index (χ2v) is 5.51. The molecular weight excluding hydrogens is 276 g/mol. The Kier molecular flexibility index (Phi) is 4.23. The third kappa shape index (κ3) is 3.19. The van der Waals surface area contributed by atoms with E-state index >= 15 is 0 Å². The fraction of sp³-hybridized carbons (Fsp3) is 0.294. The highest BCUT2D eigenvalue weighted by molar-refractivity contribution is 6.00. The van der Waals surface area contributed by atoms with E-state index in [0.29, 0.717) is 17.8 Å². The zero-order chi connectivity index (χ0) is 15.4. The van der Waals surface area contributed by atoms with E-state index in [2.05, 4.69) is 15.2 Å². The summed E-state index contributed by atoms with van der Waals surface area (Å²) in [5.41, 5.74) is 9.06. The van der Waals surface area contributed by atoms with Gasteiger partial charge in [0.05, 0.1) is 5.56 Å². The Balaban J connectivity index is 1.77. The number of hydrogen-bond donors (Lipinski definition) is 2. The van der Waals surface area contributed by atoms with Crippen molar-refractivity contribution in [3.8, 4) is 0 Å². The van der Waals surface area contributed by atoms with Gasteiger partial charge in [-0.05, 0) is 42.7 Å². The van der Waals surface area contributed by atoms with Crippen LogP contribution in [-0.2, 0) is 6.54 Å². The van der Waals surface area contributed by atoms with Crippen LogP contribution in [0, 0.1) is 0 Å². The molecule has 3 rings (SSSR count). The van der Waals surface area contributed by atoms with Crippen molar-refractivity contribution in [2.45, 2.75) is 19.4 Å². The molecule has 1 saturated heterocycles. The lowest BCUT2D eigenvalue weighted by Crippen LogP contribution is -2.27. The average Bonchev–Trinajstić information content (AvgIpc) is 3.08. The molecule has 0 radical (unpaired) electrons. The molecule has 2 aromatic rings. The van der Waals surface area contributed by atoms with Gasteiger partial charge in [-0.3, -0.25) is 9.78 Å². The van der Waals surface area contributed by atoms with Crippen LogP contribution < -0.4 is 16.0 Å². The van der Waals surface area contributed by atoms with Gasteiger partial charge in [0.2, 0.25) is 0 Å². The van der Waals surface area contributed by atoms with Crippen molar-refractivity contribution in [1.82, 2.24) is 10.3 Å². The molecule has 1 fully saturated rings. The standard InChI is InChI=1S/C17H20N4O/c18-14-5-6-16(21-8-1-2-9-21)15(10-14)17(22)20-12-13-4-3-7-19-11-13/h3-7,10-11H,1-2,8-9,12,18H2,(H,20,22). The Morgan fingerprint density at radius 2 is 2.09 bits per heavy atom. The number of nitrogens with one attached hydrogen (secondary N) is 1. The molecule has 5 heteroatoms. The maximum absolute atomic E-state index is 12.5. The largest absolute Gasteiger partial charge is 0.399 e. The van der Waals surface area contributed by atoms with Crippen molar-refractivity contribution in [3.63, 3.8) is 0 Å². The first-order valence-electron chi connectivity index (χ1n) is 7.55. The summed E-state index contributed by atoms with van der Waals surface area (Å²) in [7, 11) is 0. The molecule has 22 heavy (non-hydrogen) atoms. The Morgan fingerprint density at radius 3 is 2.82 bits per heavy atom. The van der Waals surface area contributed by atoms with Crippen LogP contribution in [0.25, 0.3) is 0 Å². The number of nitrogens with two attached hydrogens (primary N) is 1.